The first-order valence-electron chi connectivity index (χ1n) is 7.31. The predicted octanol–water partition coefficient (Wildman–Crippen LogP) is 2.65. The smallest absolute Gasteiger partial charge is 0.214 e. The van der Waals surface area contributed by atoms with Crippen molar-refractivity contribution in [3.05, 3.63) is 28.9 Å². The van der Waals surface area contributed by atoms with Gasteiger partial charge in [0, 0.05) is 11.3 Å². The summed E-state index contributed by atoms with van der Waals surface area (Å²) in [6.45, 7) is -0.267. The highest BCUT2D eigenvalue weighted by atomic mass is 32.2. The molecule has 1 aliphatic carbocycles. The van der Waals surface area contributed by atoms with E-state index in [9.17, 15) is 8.42 Å². The molecule has 1 N–H and O–H groups in total. The Morgan fingerprint density at radius 2 is 2.09 bits per heavy atom. The second kappa shape index (κ2) is 6.47. The zero-order valence-electron chi connectivity index (χ0n) is 12.1. The van der Waals surface area contributed by atoms with Gasteiger partial charge in [-0.15, -0.1) is 11.3 Å². The van der Waals surface area contributed by atoms with Gasteiger partial charge >= 0.3 is 0 Å². The Balaban J connectivity index is 1.73. The molecule has 2 heterocycles. The quantitative estimate of drug-likeness (QED) is 0.898. The first-order chi connectivity index (χ1) is 10.6. The molecule has 22 heavy (non-hydrogen) atoms. The summed E-state index contributed by atoms with van der Waals surface area (Å²) in [5.41, 5.74) is 0.360. The molecule has 0 saturated heterocycles. The highest BCUT2D eigenvalue weighted by Crippen LogP contribution is 2.33. The Hall–Kier alpha value is -1.25. The average molecular weight is 342 g/mol. The fourth-order valence-electron chi connectivity index (χ4n) is 2.70. The number of aliphatic hydroxyl groups is 1. The van der Waals surface area contributed by atoms with Crippen LogP contribution >= 0.6 is 11.3 Å². The summed E-state index contributed by atoms with van der Waals surface area (Å²) < 4.78 is 30.2. The molecule has 0 spiro atoms. The number of nitrogens with zero attached hydrogens (tertiary/aromatic N) is 2. The Labute approximate surface area is 133 Å². The lowest BCUT2D eigenvalue weighted by Gasteiger charge is -2.18. The van der Waals surface area contributed by atoms with E-state index in [1.165, 1.54) is 24.6 Å². The number of aliphatic hydroxyl groups excluding tert-OH is 1. The Bertz CT molecular complexity index is 730. The molecule has 0 aliphatic heterocycles. The van der Waals surface area contributed by atoms with Gasteiger partial charge in [-0.2, -0.15) is 0 Å². The van der Waals surface area contributed by atoms with Gasteiger partial charge in [-0.3, -0.25) is 0 Å². The van der Waals surface area contributed by atoms with Gasteiger partial charge in [0.25, 0.3) is 0 Å². The molecule has 0 unspecified atom stereocenters. The lowest BCUT2D eigenvalue weighted by Crippen LogP contribution is -2.05. The van der Waals surface area contributed by atoms with Gasteiger partial charge in [-0.1, -0.05) is 19.3 Å². The molecule has 1 saturated carbocycles. The molecule has 1 fully saturated rings. The molecular formula is C14H18N2O4S2. The Morgan fingerprint density at radius 3 is 2.77 bits per heavy atom. The minimum Gasteiger partial charge on any atom is -0.444 e. The lowest BCUT2D eigenvalue weighted by molar-refractivity contribution is 0.277. The number of hydrogen-bond acceptors (Lipinski definition) is 7. The van der Waals surface area contributed by atoms with Crippen molar-refractivity contribution in [3.63, 3.8) is 0 Å². The van der Waals surface area contributed by atoms with E-state index >= 15 is 0 Å². The van der Waals surface area contributed by atoms with Gasteiger partial charge in [0.05, 0.1) is 18.5 Å². The summed E-state index contributed by atoms with van der Waals surface area (Å²) in [6, 6.07) is 0. The highest BCUT2D eigenvalue weighted by Gasteiger charge is 2.24. The molecule has 0 aromatic carbocycles. The van der Waals surface area contributed by atoms with Crippen LogP contribution in [-0.4, -0.2) is 23.5 Å². The van der Waals surface area contributed by atoms with Crippen LogP contribution in [0.5, 0.6) is 0 Å². The second-order valence-corrected chi connectivity index (χ2v) is 8.53. The van der Waals surface area contributed by atoms with Gasteiger partial charge < -0.3 is 9.52 Å². The van der Waals surface area contributed by atoms with Crippen molar-refractivity contribution in [2.45, 2.75) is 54.7 Å². The number of thiazole rings is 1. The largest absolute Gasteiger partial charge is 0.444 e. The molecule has 0 radical (unpaired) electrons. The number of oxazole rings is 1. The van der Waals surface area contributed by atoms with Crippen molar-refractivity contribution in [2.24, 2.45) is 0 Å². The van der Waals surface area contributed by atoms with Crippen LogP contribution in [0.3, 0.4) is 0 Å². The minimum absolute atomic E-state index is 0.00559. The first kappa shape index (κ1) is 15.6. The molecule has 8 heteroatoms. The van der Waals surface area contributed by atoms with Crippen molar-refractivity contribution in [1.82, 2.24) is 9.97 Å². The summed E-state index contributed by atoms with van der Waals surface area (Å²) in [4.78, 5) is 8.02. The Morgan fingerprint density at radius 1 is 1.32 bits per heavy atom. The van der Waals surface area contributed by atoms with Crippen molar-refractivity contribution in [3.8, 4) is 0 Å². The maximum Gasteiger partial charge on any atom is 0.214 e. The van der Waals surface area contributed by atoms with E-state index in [-0.39, 0.29) is 22.6 Å². The van der Waals surface area contributed by atoms with Crippen molar-refractivity contribution >= 4 is 21.2 Å². The van der Waals surface area contributed by atoms with Gasteiger partial charge in [0.15, 0.2) is 0 Å². The summed E-state index contributed by atoms with van der Waals surface area (Å²) in [7, 11) is -3.58. The van der Waals surface area contributed by atoms with Crippen LogP contribution < -0.4 is 0 Å². The SMILES string of the molecule is O=S(=O)(Cc1ncc(C2CCCCC2)o1)c1nc(CO)cs1. The van der Waals surface area contributed by atoms with Crippen LogP contribution in [0.1, 0.15) is 55.4 Å². The summed E-state index contributed by atoms with van der Waals surface area (Å²) >= 11 is 1.01. The van der Waals surface area contributed by atoms with E-state index < -0.39 is 9.84 Å². The second-order valence-electron chi connectivity index (χ2n) is 5.51. The molecular weight excluding hydrogens is 324 g/mol. The van der Waals surface area contributed by atoms with Crippen molar-refractivity contribution in [1.29, 1.82) is 0 Å². The fourth-order valence-corrected chi connectivity index (χ4v) is 4.98. The van der Waals surface area contributed by atoms with Crippen LogP contribution in [0.2, 0.25) is 0 Å². The first-order valence-corrected chi connectivity index (χ1v) is 9.84. The zero-order valence-corrected chi connectivity index (χ0v) is 13.7. The van der Waals surface area contributed by atoms with E-state index in [1.54, 1.807) is 6.20 Å². The van der Waals surface area contributed by atoms with E-state index in [4.69, 9.17) is 9.52 Å². The summed E-state index contributed by atoms with van der Waals surface area (Å²) in [5.74, 6) is 1.07. The maximum atomic E-state index is 12.3. The average Bonchev–Trinajstić information content (AvgIpc) is 3.17. The van der Waals surface area contributed by atoms with E-state index in [2.05, 4.69) is 9.97 Å². The van der Waals surface area contributed by atoms with E-state index in [1.807, 2.05) is 0 Å². The predicted molar refractivity (Wildman–Crippen MR) is 81.3 cm³/mol. The van der Waals surface area contributed by atoms with Gasteiger partial charge in [0.2, 0.25) is 20.1 Å². The number of sulfone groups is 1. The summed E-state index contributed by atoms with van der Waals surface area (Å²) in [5, 5.41) is 10.5. The topological polar surface area (TPSA) is 93.3 Å². The third kappa shape index (κ3) is 3.39. The highest BCUT2D eigenvalue weighted by molar-refractivity contribution is 7.92. The van der Waals surface area contributed by atoms with Crippen molar-refractivity contribution < 1.29 is 17.9 Å². The van der Waals surface area contributed by atoms with Crippen LogP contribution in [0.25, 0.3) is 0 Å². The lowest BCUT2D eigenvalue weighted by atomic mass is 9.88. The van der Waals surface area contributed by atoms with Gasteiger partial charge in [-0.05, 0) is 12.8 Å². The van der Waals surface area contributed by atoms with Crippen LogP contribution in [-0.2, 0) is 22.2 Å². The molecule has 0 amide bonds. The fraction of sp³-hybridized carbons (Fsp3) is 0.571. The van der Waals surface area contributed by atoms with Gasteiger partial charge in [0.1, 0.15) is 11.5 Å². The maximum absolute atomic E-state index is 12.3. The molecule has 0 atom stereocenters. The van der Waals surface area contributed by atoms with Crippen LogP contribution in [0, 0.1) is 0 Å². The summed E-state index contributed by atoms with van der Waals surface area (Å²) in [6.07, 6.45) is 7.43. The zero-order chi connectivity index (χ0) is 15.6. The third-order valence-electron chi connectivity index (χ3n) is 3.85. The van der Waals surface area contributed by atoms with E-state index in [0.29, 0.717) is 11.6 Å². The molecule has 2 aromatic rings. The molecule has 3 rings (SSSR count). The number of rotatable bonds is 5. The molecule has 120 valence electrons. The molecule has 6 nitrogen and oxygen atoms in total. The van der Waals surface area contributed by atoms with Crippen LogP contribution in [0.4, 0.5) is 0 Å². The minimum atomic E-state index is -3.58. The monoisotopic (exact) mass is 342 g/mol. The molecule has 2 aromatic heterocycles. The number of hydrogen-bond donors (Lipinski definition) is 1. The Kier molecular flexibility index (Phi) is 4.60. The van der Waals surface area contributed by atoms with Crippen LogP contribution in [0.15, 0.2) is 20.3 Å². The molecule has 1 aliphatic rings. The van der Waals surface area contributed by atoms with E-state index in [0.717, 1.165) is 29.9 Å². The van der Waals surface area contributed by atoms with Crippen molar-refractivity contribution in [2.75, 3.05) is 0 Å². The third-order valence-corrected chi connectivity index (χ3v) is 6.83. The molecule has 0 bridgehead atoms. The number of aromatic nitrogens is 2. The normalized spacial score (nSPS) is 17.0. The standard InChI is InChI=1S/C14H18N2O4S2/c17-7-11-8-21-14(16-11)22(18,19)9-13-15-6-12(20-13)10-4-2-1-3-5-10/h6,8,10,17H,1-5,7,9H2. The van der Waals surface area contributed by atoms with Gasteiger partial charge in [-0.25, -0.2) is 18.4 Å².